The molecule has 0 atom stereocenters. The minimum Gasteiger partial charge on any atom is -0.336 e. The normalized spacial score (nSPS) is 15.8. The number of nitrogens with zero attached hydrogens (tertiary/aromatic N) is 2. The van der Waals surface area contributed by atoms with Crippen molar-refractivity contribution in [2.75, 3.05) is 26.2 Å². The molecular formula is C19H20Cl2N2O3S. The molecule has 0 spiro atoms. The van der Waals surface area contributed by atoms with E-state index in [-0.39, 0.29) is 33.9 Å². The zero-order valence-corrected chi connectivity index (χ0v) is 17.4. The molecule has 0 N–H and O–H groups in total. The number of hydrogen-bond donors (Lipinski definition) is 0. The van der Waals surface area contributed by atoms with Gasteiger partial charge in [-0.3, -0.25) is 4.79 Å². The lowest BCUT2D eigenvalue weighted by atomic mass is 10.0. The van der Waals surface area contributed by atoms with Gasteiger partial charge in [0.2, 0.25) is 10.0 Å². The molecule has 1 amide bonds. The first-order valence-corrected chi connectivity index (χ1v) is 10.7. The summed E-state index contributed by atoms with van der Waals surface area (Å²) in [4.78, 5) is 14.4. The van der Waals surface area contributed by atoms with Crippen molar-refractivity contribution >= 4 is 39.1 Å². The van der Waals surface area contributed by atoms with E-state index in [0.29, 0.717) is 18.7 Å². The van der Waals surface area contributed by atoms with Gasteiger partial charge in [0.05, 0.1) is 10.0 Å². The van der Waals surface area contributed by atoms with E-state index < -0.39 is 10.0 Å². The molecule has 27 heavy (non-hydrogen) atoms. The molecule has 0 aliphatic carbocycles. The van der Waals surface area contributed by atoms with Crippen LogP contribution < -0.4 is 0 Å². The van der Waals surface area contributed by atoms with Crippen LogP contribution in [0.25, 0.3) is 0 Å². The highest BCUT2D eigenvalue weighted by molar-refractivity contribution is 7.89. The fraction of sp³-hybridized carbons (Fsp3) is 0.316. The van der Waals surface area contributed by atoms with Crippen molar-refractivity contribution in [2.24, 2.45) is 0 Å². The van der Waals surface area contributed by atoms with Crippen molar-refractivity contribution in [3.05, 3.63) is 63.1 Å². The third-order valence-corrected chi connectivity index (χ3v) is 7.51. The van der Waals surface area contributed by atoms with Crippen LogP contribution in [0.3, 0.4) is 0 Å². The standard InChI is InChI=1S/C19H20Cl2N2O3S/c1-13-6-7-15(14(2)12-13)19(24)22-8-10-23(11-9-22)27(25,26)18-16(20)4-3-5-17(18)21/h3-7,12H,8-11H2,1-2H3. The number of aryl methyl sites for hydroxylation is 2. The van der Waals surface area contributed by atoms with Gasteiger partial charge in [-0.1, -0.05) is 47.0 Å². The van der Waals surface area contributed by atoms with Gasteiger partial charge in [0, 0.05) is 31.7 Å². The number of piperazine rings is 1. The van der Waals surface area contributed by atoms with Crippen LogP contribution in [-0.2, 0) is 10.0 Å². The number of amides is 1. The van der Waals surface area contributed by atoms with Gasteiger partial charge in [0.15, 0.2) is 0 Å². The van der Waals surface area contributed by atoms with E-state index in [1.807, 2.05) is 32.0 Å². The van der Waals surface area contributed by atoms with Gasteiger partial charge < -0.3 is 4.90 Å². The Morgan fingerprint density at radius 3 is 2.11 bits per heavy atom. The van der Waals surface area contributed by atoms with Crippen molar-refractivity contribution in [1.82, 2.24) is 9.21 Å². The van der Waals surface area contributed by atoms with Crippen LogP contribution >= 0.6 is 23.2 Å². The largest absolute Gasteiger partial charge is 0.336 e. The van der Waals surface area contributed by atoms with Gasteiger partial charge in [-0.15, -0.1) is 0 Å². The Morgan fingerprint density at radius 1 is 0.963 bits per heavy atom. The Hall–Kier alpha value is -1.60. The minimum atomic E-state index is -3.82. The molecule has 0 aromatic heterocycles. The first kappa shape index (κ1) is 20.1. The third kappa shape index (κ3) is 3.99. The highest BCUT2D eigenvalue weighted by atomic mass is 35.5. The number of halogens is 2. The molecule has 8 heteroatoms. The molecular weight excluding hydrogens is 407 g/mol. The average Bonchev–Trinajstić information content (AvgIpc) is 2.61. The molecule has 2 aromatic carbocycles. The van der Waals surface area contributed by atoms with Crippen molar-refractivity contribution < 1.29 is 13.2 Å². The van der Waals surface area contributed by atoms with Crippen LogP contribution in [-0.4, -0.2) is 49.7 Å². The predicted molar refractivity (Wildman–Crippen MR) is 107 cm³/mol. The first-order valence-electron chi connectivity index (χ1n) is 8.52. The zero-order valence-electron chi connectivity index (χ0n) is 15.1. The summed E-state index contributed by atoms with van der Waals surface area (Å²) in [6.07, 6.45) is 0. The zero-order chi connectivity index (χ0) is 19.8. The van der Waals surface area contributed by atoms with Gasteiger partial charge in [-0.25, -0.2) is 8.42 Å². The molecule has 1 aliphatic rings. The van der Waals surface area contributed by atoms with Crippen LogP contribution in [0.4, 0.5) is 0 Å². The number of hydrogen-bond acceptors (Lipinski definition) is 3. The summed E-state index contributed by atoms with van der Waals surface area (Å²) in [6.45, 7) is 4.90. The molecule has 2 aromatic rings. The van der Waals surface area contributed by atoms with Crippen molar-refractivity contribution in [1.29, 1.82) is 0 Å². The number of carbonyl (C=O) groups excluding carboxylic acids is 1. The molecule has 144 valence electrons. The van der Waals surface area contributed by atoms with E-state index in [0.717, 1.165) is 11.1 Å². The molecule has 0 bridgehead atoms. The SMILES string of the molecule is Cc1ccc(C(=O)N2CCN(S(=O)(=O)c3c(Cl)cccc3Cl)CC2)c(C)c1. The van der Waals surface area contributed by atoms with Gasteiger partial charge in [0.25, 0.3) is 5.91 Å². The summed E-state index contributed by atoms with van der Waals surface area (Å²) in [5.41, 5.74) is 2.65. The Labute approximate surface area is 169 Å². The lowest BCUT2D eigenvalue weighted by Gasteiger charge is -2.34. The fourth-order valence-corrected chi connectivity index (χ4v) is 5.73. The number of carbonyl (C=O) groups is 1. The maximum atomic E-state index is 12.9. The smallest absolute Gasteiger partial charge is 0.254 e. The second-order valence-electron chi connectivity index (χ2n) is 6.57. The maximum Gasteiger partial charge on any atom is 0.254 e. The highest BCUT2D eigenvalue weighted by Crippen LogP contribution is 2.32. The van der Waals surface area contributed by atoms with Crippen LogP contribution in [0.1, 0.15) is 21.5 Å². The third-order valence-electron chi connectivity index (χ3n) is 4.65. The Bertz CT molecular complexity index is 964. The Morgan fingerprint density at radius 2 is 1.56 bits per heavy atom. The van der Waals surface area contributed by atoms with Gasteiger partial charge in [-0.05, 0) is 37.6 Å². The average molecular weight is 427 g/mol. The quantitative estimate of drug-likeness (QED) is 0.750. The number of benzene rings is 2. The maximum absolute atomic E-state index is 12.9. The number of sulfonamides is 1. The van der Waals surface area contributed by atoms with Gasteiger partial charge >= 0.3 is 0 Å². The number of rotatable bonds is 3. The van der Waals surface area contributed by atoms with Crippen LogP contribution in [0.2, 0.25) is 10.0 Å². The summed E-state index contributed by atoms with van der Waals surface area (Å²) in [5, 5.41) is 0.188. The van der Waals surface area contributed by atoms with Gasteiger partial charge in [-0.2, -0.15) is 4.31 Å². The minimum absolute atomic E-state index is 0.0810. The van der Waals surface area contributed by atoms with Gasteiger partial charge in [0.1, 0.15) is 4.90 Å². The van der Waals surface area contributed by atoms with Crippen molar-refractivity contribution in [3.63, 3.8) is 0 Å². The van der Waals surface area contributed by atoms with E-state index >= 15 is 0 Å². The summed E-state index contributed by atoms with van der Waals surface area (Å²) in [5.74, 6) is -0.0830. The summed E-state index contributed by atoms with van der Waals surface area (Å²) >= 11 is 12.1. The van der Waals surface area contributed by atoms with Crippen molar-refractivity contribution in [3.8, 4) is 0 Å². The van der Waals surface area contributed by atoms with Crippen LogP contribution in [0.5, 0.6) is 0 Å². The molecule has 1 saturated heterocycles. The second kappa shape index (κ2) is 7.80. The van der Waals surface area contributed by atoms with E-state index in [9.17, 15) is 13.2 Å². The highest BCUT2D eigenvalue weighted by Gasteiger charge is 2.33. The van der Waals surface area contributed by atoms with E-state index in [1.165, 1.54) is 16.4 Å². The molecule has 1 fully saturated rings. The molecule has 0 unspecified atom stereocenters. The van der Waals surface area contributed by atoms with Crippen LogP contribution in [0, 0.1) is 13.8 Å². The first-order chi connectivity index (χ1) is 12.7. The Balaban J connectivity index is 1.76. The van der Waals surface area contributed by atoms with E-state index in [2.05, 4.69) is 0 Å². The van der Waals surface area contributed by atoms with Crippen LogP contribution in [0.15, 0.2) is 41.3 Å². The molecule has 0 radical (unpaired) electrons. The lowest BCUT2D eigenvalue weighted by molar-refractivity contribution is 0.0697. The summed E-state index contributed by atoms with van der Waals surface area (Å²) in [7, 11) is -3.82. The molecule has 1 heterocycles. The molecule has 5 nitrogen and oxygen atoms in total. The second-order valence-corrected chi connectivity index (χ2v) is 9.25. The predicted octanol–water partition coefficient (Wildman–Crippen LogP) is 3.76. The topological polar surface area (TPSA) is 57.7 Å². The van der Waals surface area contributed by atoms with Crippen molar-refractivity contribution in [2.45, 2.75) is 18.7 Å². The lowest BCUT2D eigenvalue weighted by Crippen LogP contribution is -2.50. The monoisotopic (exact) mass is 426 g/mol. The molecule has 1 aliphatic heterocycles. The van der Waals surface area contributed by atoms with E-state index in [4.69, 9.17) is 23.2 Å². The fourth-order valence-electron chi connectivity index (χ4n) is 3.21. The van der Waals surface area contributed by atoms with E-state index in [1.54, 1.807) is 11.0 Å². The molecule has 0 saturated carbocycles. The summed E-state index contributed by atoms with van der Waals surface area (Å²) in [6, 6.07) is 10.3. The molecule has 3 rings (SSSR count). The Kier molecular flexibility index (Phi) is 5.82. The summed E-state index contributed by atoms with van der Waals surface area (Å²) < 4.78 is 27.2.